The van der Waals surface area contributed by atoms with Gasteiger partial charge in [-0.15, -0.1) is 11.6 Å². The molecule has 0 bridgehead atoms. The van der Waals surface area contributed by atoms with E-state index in [1.807, 2.05) is 6.92 Å². The van der Waals surface area contributed by atoms with Gasteiger partial charge in [0.05, 0.1) is 6.26 Å². The van der Waals surface area contributed by atoms with E-state index in [0.29, 0.717) is 11.6 Å². The second-order valence-corrected chi connectivity index (χ2v) is 3.02. The normalized spacial score (nSPS) is 12.5. The highest BCUT2D eigenvalue weighted by molar-refractivity contribution is 6.18. The summed E-state index contributed by atoms with van der Waals surface area (Å²) in [6, 6.07) is 3.31. The standard InChI is InChI=1S/C9H12ClNO2/c1-2-7(6-10)11-9(12)8-4-3-5-13-8/h3-5,7H,2,6H2,1H3,(H,11,12). The van der Waals surface area contributed by atoms with Gasteiger partial charge in [0.2, 0.25) is 0 Å². The summed E-state index contributed by atoms with van der Waals surface area (Å²) in [5, 5.41) is 2.75. The van der Waals surface area contributed by atoms with Crippen LogP contribution in [0.3, 0.4) is 0 Å². The maximum absolute atomic E-state index is 11.4. The van der Waals surface area contributed by atoms with Crippen molar-refractivity contribution in [2.45, 2.75) is 19.4 Å². The predicted octanol–water partition coefficient (Wildman–Crippen LogP) is 2.03. The quantitative estimate of drug-likeness (QED) is 0.758. The number of carbonyl (C=O) groups excluding carboxylic acids is 1. The molecule has 1 heterocycles. The van der Waals surface area contributed by atoms with Crippen LogP contribution in [0.4, 0.5) is 0 Å². The summed E-state index contributed by atoms with van der Waals surface area (Å²) in [6.07, 6.45) is 2.28. The van der Waals surface area contributed by atoms with Crippen LogP contribution in [-0.2, 0) is 0 Å². The molecule has 0 aliphatic carbocycles. The molecule has 0 spiro atoms. The van der Waals surface area contributed by atoms with Gasteiger partial charge in [-0.3, -0.25) is 4.79 Å². The van der Waals surface area contributed by atoms with Crippen molar-refractivity contribution in [3.05, 3.63) is 24.2 Å². The molecule has 72 valence electrons. The van der Waals surface area contributed by atoms with Crippen molar-refractivity contribution >= 4 is 17.5 Å². The van der Waals surface area contributed by atoms with Gasteiger partial charge in [0.25, 0.3) is 5.91 Å². The van der Waals surface area contributed by atoms with Gasteiger partial charge in [0.15, 0.2) is 5.76 Å². The van der Waals surface area contributed by atoms with Gasteiger partial charge in [-0.1, -0.05) is 6.92 Å². The Hall–Kier alpha value is -0.960. The highest BCUT2D eigenvalue weighted by atomic mass is 35.5. The third kappa shape index (κ3) is 2.77. The molecular weight excluding hydrogens is 190 g/mol. The lowest BCUT2D eigenvalue weighted by molar-refractivity contribution is 0.0912. The molecule has 1 unspecified atom stereocenters. The molecule has 1 amide bonds. The van der Waals surface area contributed by atoms with E-state index in [9.17, 15) is 4.79 Å². The molecule has 13 heavy (non-hydrogen) atoms. The fourth-order valence-electron chi connectivity index (χ4n) is 0.914. The average molecular weight is 202 g/mol. The maximum Gasteiger partial charge on any atom is 0.287 e. The molecule has 1 aromatic rings. The van der Waals surface area contributed by atoms with Crippen LogP contribution in [0.15, 0.2) is 22.8 Å². The Labute approximate surface area is 82.1 Å². The van der Waals surface area contributed by atoms with Gasteiger partial charge in [-0.05, 0) is 18.6 Å². The van der Waals surface area contributed by atoms with Gasteiger partial charge in [-0.2, -0.15) is 0 Å². The first kappa shape index (κ1) is 10.1. The molecule has 0 saturated carbocycles. The number of carbonyl (C=O) groups is 1. The largest absolute Gasteiger partial charge is 0.459 e. The number of rotatable bonds is 4. The van der Waals surface area contributed by atoms with Crippen LogP contribution >= 0.6 is 11.6 Å². The minimum absolute atomic E-state index is 0.0132. The highest BCUT2D eigenvalue weighted by Crippen LogP contribution is 2.01. The lowest BCUT2D eigenvalue weighted by atomic mass is 10.2. The van der Waals surface area contributed by atoms with Crippen LogP contribution in [0.5, 0.6) is 0 Å². The SMILES string of the molecule is CCC(CCl)NC(=O)c1ccco1. The van der Waals surface area contributed by atoms with Crippen molar-refractivity contribution in [3.8, 4) is 0 Å². The Balaban J connectivity index is 2.50. The lowest BCUT2D eigenvalue weighted by Crippen LogP contribution is -2.35. The summed E-state index contributed by atoms with van der Waals surface area (Å²) in [4.78, 5) is 11.4. The minimum atomic E-state index is -0.211. The molecular formula is C9H12ClNO2. The molecule has 0 aliphatic heterocycles. The Bertz CT molecular complexity index is 255. The van der Waals surface area contributed by atoms with Crippen LogP contribution in [0.1, 0.15) is 23.9 Å². The van der Waals surface area contributed by atoms with Crippen molar-refractivity contribution < 1.29 is 9.21 Å². The van der Waals surface area contributed by atoms with Gasteiger partial charge >= 0.3 is 0 Å². The van der Waals surface area contributed by atoms with Crippen LogP contribution in [-0.4, -0.2) is 17.8 Å². The third-order valence-electron chi connectivity index (χ3n) is 1.76. The molecule has 1 aromatic heterocycles. The zero-order valence-electron chi connectivity index (χ0n) is 7.42. The summed E-state index contributed by atoms with van der Waals surface area (Å²) in [6.45, 7) is 1.97. The van der Waals surface area contributed by atoms with Crippen molar-refractivity contribution in [1.82, 2.24) is 5.32 Å². The fourth-order valence-corrected chi connectivity index (χ4v) is 1.21. The maximum atomic E-state index is 11.4. The minimum Gasteiger partial charge on any atom is -0.459 e. The van der Waals surface area contributed by atoms with Crippen molar-refractivity contribution in [2.75, 3.05) is 5.88 Å². The molecule has 0 saturated heterocycles. The topological polar surface area (TPSA) is 42.2 Å². The van der Waals surface area contributed by atoms with E-state index in [2.05, 4.69) is 5.32 Å². The van der Waals surface area contributed by atoms with E-state index in [-0.39, 0.29) is 11.9 Å². The van der Waals surface area contributed by atoms with Crippen molar-refractivity contribution in [2.24, 2.45) is 0 Å². The lowest BCUT2D eigenvalue weighted by Gasteiger charge is -2.11. The van der Waals surface area contributed by atoms with E-state index in [0.717, 1.165) is 6.42 Å². The summed E-state index contributed by atoms with van der Waals surface area (Å²) in [7, 11) is 0. The smallest absolute Gasteiger partial charge is 0.287 e. The zero-order valence-corrected chi connectivity index (χ0v) is 8.17. The van der Waals surface area contributed by atoms with Gasteiger partial charge in [-0.25, -0.2) is 0 Å². The number of amides is 1. The number of alkyl halides is 1. The number of nitrogens with one attached hydrogen (secondary N) is 1. The van der Waals surface area contributed by atoms with E-state index in [1.165, 1.54) is 6.26 Å². The van der Waals surface area contributed by atoms with Crippen molar-refractivity contribution in [1.29, 1.82) is 0 Å². The fraction of sp³-hybridized carbons (Fsp3) is 0.444. The molecule has 0 aliphatic rings. The first-order valence-corrected chi connectivity index (χ1v) is 4.71. The van der Waals surface area contributed by atoms with Crippen molar-refractivity contribution in [3.63, 3.8) is 0 Å². The first-order chi connectivity index (χ1) is 6.27. The summed E-state index contributed by atoms with van der Waals surface area (Å²) in [5.41, 5.74) is 0. The molecule has 3 nitrogen and oxygen atoms in total. The van der Waals surface area contributed by atoms with Crippen LogP contribution in [0, 0.1) is 0 Å². The summed E-state index contributed by atoms with van der Waals surface area (Å²) >= 11 is 5.63. The number of furan rings is 1. The second-order valence-electron chi connectivity index (χ2n) is 2.71. The van der Waals surface area contributed by atoms with Gasteiger partial charge in [0, 0.05) is 11.9 Å². The first-order valence-electron chi connectivity index (χ1n) is 4.18. The van der Waals surface area contributed by atoms with E-state index >= 15 is 0 Å². The molecule has 1 atom stereocenters. The number of hydrogen-bond donors (Lipinski definition) is 1. The summed E-state index contributed by atoms with van der Waals surface area (Å²) in [5.74, 6) is 0.532. The third-order valence-corrected chi connectivity index (χ3v) is 2.13. The predicted molar refractivity (Wildman–Crippen MR) is 51.0 cm³/mol. The molecule has 0 aromatic carbocycles. The van der Waals surface area contributed by atoms with E-state index in [4.69, 9.17) is 16.0 Å². The van der Waals surface area contributed by atoms with Crippen LogP contribution < -0.4 is 5.32 Å². The van der Waals surface area contributed by atoms with Gasteiger partial charge < -0.3 is 9.73 Å². The number of hydrogen-bond acceptors (Lipinski definition) is 2. The molecule has 0 fully saturated rings. The highest BCUT2D eigenvalue weighted by Gasteiger charge is 2.12. The molecule has 1 N–H and O–H groups in total. The van der Waals surface area contributed by atoms with Crippen LogP contribution in [0.2, 0.25) is 0 Å². The Kier molecular flexibility index (Phi) is 3.83. The Morgan fingerprint density at radius 3 is 3.00 bits per heavy atom. The molecule has 1 rings (SSSR count). The number of halogens is 1. The monoisotopic (exact) mass is 201 g/mol. The molecule has 0 radical (unpaired) electrons. The van der Waals surface area contributed by atoms with E-state index in [1.54, 1.807) is 12.1 Å². The Morgan fingerprint density at radius 1 is 1.77 bits per heavy atom. The Morgan fingerprint density at radius 2 is 2.54 bits per heavy atom. The van der Waals surface area contributed by atoms with E-state index < -0.39 is 0 Å². The van der Waals surface area contributed by atoms with Crippen LogP contribution in [0.25, 0.3) is 0 Å². The summed E-state index contributed by atoms with van der Waals surface area (Å²) < 4.78 is 4.93. The second kappa shape index (κ2) is 4.92. The van der Waals surface area contributed by atoms with Gasteiger partial charge in [0.1, 0.15) is 0 Å². The zero-order chi connectivity index (χ0) is 9.68. The average Bonchev–Trinajstić information content (AvgIpc) is 2.66. The molecule has 4 heteroatoms.